The summed E-state index contributed by atoms with van der Waals surface area (Å²) in [6.07, 6.45) is 2.80. The molecule has 26 heavy (non-hydrogen) atoms. The van der Waals surface area contributed by atoms with Gasteiger partial charge in [0, 0.05) is 38.9 Å². The number of rotatable bonds is 8. The van der Waals surface area contributed by atoms with E-state index in [0.717, 1.165) is 31.0 Å². The molecule has 0 spiro atoms. The fourth-order valence-electron chi connectivity index (χ4n) is 2.56. The highest BCUT2D eigenvalue weighted by Crippen LogP contribution is 2.08. The molecule has 1 unspecified atom stereocenters. The van der Waals surface area contributed by atoms with E-state index in [-0.39, 0.29) is 0 Å². The van der Waals surface area contributed by atoms with E-state index in [1.54, 1.807) is 19.3 Å². The van der Waals surface area contributed by atoms with Crippen molar-refractivity contribution in [3.05, 3.63) is 64.9 Å². The number of benzene rings is 1. The standard InChI is InChI=1S/C20H28ClN5/c1-16(26(3)15-17-7-5-4-6-8-17)11-12-23-20(22-2)25-14-18-9-10-19(21)24-13-18/h4-10,13,16H,11-12,14-15H2,1-3H3,(H2,22,23,25). The van der Waals surface area contributed by atoms with Gasteiger partial charge < -0.3 is 10.6 Å². The van der Waals surface area contributed by atoms with Crippen molar-refractivity contribution in [2.75, 3.05) is 20.6 Å². The number of aromatic nitrogens is 1. The smallest absolute Gasteiger partial charge is 0.191 e. The van der Waals surface area contributed by atoms with Crippen LogP contribution in [0.3, 0.4) is 0 Å². The number of aliphatic imine (C=N–C) groups is 1. The summed E-state index contributed by atoms with van der Waals surface area (Å²) in [5.41, 5.74) is 2.40. The van der Waals surface area contributed by atoms with E-state index in [1.165, 1.54) is 5.56 Å². The summed E-state index contributed by atoms with van der Waals surface area (Å²) in [6, 6.07) is 14.8. The van der Waals surface area contributed by atoms with E-state index in [1.807, 2.05) is 6.07 Å². The number of guanidine groups is 1. The molecule has 1 aromatic heterocycles. The van der Waals surface area contributed by atoms with Crippen molar-refractivity contribution >= 4 is 17.6 Å². The predicted molar refractivity (Wildman–Crippen MR) is 109 cm³/mol. The lowest BCUT2D eigenvalue weighted by Gasteiger charge is -2.25. The third kappa shape index (κ3) is 7.02. The Kier molecular flexibility index (Phi) is 8.38. The van der Waals surface area contributed by atoms with Crippen LogP contribution in [-0.4, -0.2) is 42.5 Å². The van der Waals surface area contributed by atoms with Gasteiger partial charge in [0.05, 0.1) is 0 Å². The topological polar surface area (TPSA) is 52.6 Å². The highest BCUT2D eigenvalue weighted by atomic mass is 35.5. The van der Waals surface area contributed by atoms with Gasteiger partial charge in [-0.15, -0.1) is 0 Å². The van der Waals surface area contributed by atoms with Gasteiger partial charge in [-0.05, 0) is 37.6 Å². The van der Waals surface area contributed by atoms with Gasteiger partial charge in [0.1, 0.15) is 5.15 Å². The van der Waals surface area contributed by atoms with Gasteiger partial charge in [-0.2, -0.15) is 0 Å². The molecule has 2 N–H and O–H groups in total. The Morgan fingerprint density at radius 2 is 1.92 bits per heavy atom. The van der Waals surface area contributed by atoms with E-state index in [2.05, 4.69) is 69.8 Å². The van der Waals surface area contributed by atoms with Crippen LogP contribution in [0.5, 0.6) is 0 Å². The van der Waals surface area contributed by atoms with Gasteiger partial charge in [0.15, 0.2) is 5.96 Å². The third-order valence-electron chi connectivity index (χ3n) is 4.35. The van der Waals surface area contributed by atoms with Gasteiger partial charge in [0.2, 0.25) is 0 Å². The molecule has 140 valence electrons. The third-order valence-corrected chi connectivity index (χ3v) is 4.58. The normalized spacial score (nSPS) is 12.9. The molecule has 0 fully saturated rings. The van der Waals surface area contributed by atoms with Crippen molar-refractivity contribution < 1.29 is 0 Å². The molecule has 5 nitrogen and oxygen atoms in total. The number of halogens is 1. The van der Waals surface area contributed by atoms with Crippen molar-refractivity contribution in [3.63, 3.8) is 0 Å². The van der Waals surface area contributed by atoms with E-state index < -0.39 is 0 Å². The summed E-state index contributed by atoms with van der Waals surface area (Å²) in [7, 11) is 3.94. The number of pyridine rings is 1. The second kappa shape index (κ2) is 10.8. The van der Waals surface area contributed by atoms with E-state index in [9.17, 15) is 0 Å². The maximum atomic E-state index is 5.80. The largest absolute Gasteiger partial charge is 0.356 e. The van der Waals surface area contributed by atoms with Crippen molar-refractivity contribution in [1.82, 2.24) is 20.5 Å². The summed E-state index contributed by atoms with van der Waals surface area (Å²) in [4.78, 5) is 10.7. The lowest BCUT2D eigenvalue weighted by Crippen LogP contribution is -2.39. The molecule has 6 heteroatoms. The maximum Gasteiger partial charge on any atom is 0.191 e. The Labute approximate surface area is 161 Å². The minimum Gasteiger partial charge on any atom is -0.356 e. The molecular weight excluding hydrogens is 346 g/mol. The van der Waals surface area contributed by atoms with E-state index >= 15 is 0 Å². The zero-order chi connectivity index (χ0) is 18.8. The second-order valence-electron chi connectivity index (χ2n) is 6.38. The fourth-order valence-corrected chi connectivity index (χ4v) is 2.68. The summed E-state index contributed by atoms with van der Waals surface area (Å²) >= 11 is 5.80. The molecule has 1 aromatic carbocycles. The molecule has 0 amide bonds. The maximum absolute atomic E-state index is 5.80. The van der Waals surface area contributed by atoms with Crippen molar-refractivity contribution in [2.45, 2.75) is 32.5 Å². The number of hydrogen-bond donors (Lipinski definition) is 2. The van der Waals surface area contributed by atoms with Crippen LogP contribution in [0.4, 0.5) is 0 Å². The van der Waals surface area contributed by atoms with Crippen LogP contribution in [0.25, 0.3) is 0 Å². The molecule has 2 rings (SSSR count). The molecule has 0 radical (unpaired) electrons. The number of nitrogens with one attached hydrogen (secondary N) is 2. The van der Waals surface area contributed by atoms with Crippen molar-refractivity contribution in [2.24, 2.45) is 4.99 Å². The zero-order valence-corrected chi connectivity index (χ0v) is 16.5. The lowest BCUT2D eigenvalue weighted by molar-refractivity contribution is 0.238. The van der Waals surface area contributed by atoms with E-state index in [0.29, 0.717) is 17.7 Å². The first-order chi connectivity index (χ1) is 12.6. The second-order valence-corrected chi connectivity index (χ2v) is 6.77. The Morgan fingerprint density at radius 3 is 2.58 bits per heavy atom. The molecular formula is C20H28ClN5. The first-order valence-electron chi connectivity index (χ1n) is 8.87. The Bertz CT molecular complexity index is 672. The van der Waals surface area contributed by atoms with Crippen molar-refractivity contribution in [3.8, 4) is 0 Å². The van der Waals surface area contributed by atoms with Crippen LogP contribution in [0.15, 0.2) is 53.7 Å². The molecule has 1 heterocycles. The van der Waals surface area contributed by atoms with Crippen LogP contribution in [0.2, 0.25) is 5.15 Å². The SMILES string of the molecule is CN=C(NCCC(C)N(C)Cc1ccccc1)NCc1ccc(Cl)nc1. The summed E-state index contributed by atoms with van der Waals surface area (Å²) in [5.74, 6) is 0.790. The van der Waals surface area contributed by atoms with Gasteiger partial charge in [-0.25, -0.2) is 4.98 Å². The van der Waals surface area contributed by atoms with Crippen LogP contribution < -0.4 is 10.6 Å². The minimum atomic E-state index is 0.473. The molecule has 0 bridgehead atoms. The molecule has 0 aliphatic heterocycles. The van der Waals surface area contributed by atoms with Gasteiger partial charge in [-0.3, -0.25) is 9.89 Å². The molecule has 1 atom stereocenters. The highest BCUT2D eigenvalue weighted by Gasteiger charge is 2.09. The van der Waals surface area contributed by atoms with Gasteiger partial charge in [0.25, 0.3) is 0 Å². The summed E-state index contributed by atoms with van der Waals surface area (Å²) in [6.45, 7) is 4.73. The predicted octanol–water partition coefficient (Wildman–Crippen LogP) is 3.31. The summed E-state index contributed by atoms with van der Waals surface area (Å²) < 4.78 is 0. The molecule has 0 aliphatic carbocycles. The molecule has 2 aromatic rings. The zero-order valence-electron chi connectivity index (χ0n) is 15.7. The monoisotopic (exact) mass is 373 g/mol. The Balaban J connectivity index is 1.70. The van der Waals surface area contributed by atoms with E-state index in [4.69, 9.17) is 11.6 Å². The summed E-state index contributed by atoms with van der Waals surface area (Å²) in [5, 5.41) is 7.16. The Hall–Kier alpha value is -2.11. The highest BCUT2D eigenvalue weighted by molar-refractivity contribution is 6.29. The lowest BCUT2D eigenvalue weighted by atomic mass is 10.1. The first-order valence-corrected chi connectivity index (χ1v) is 9.25. The van der Waals surface area contributed by atoms with Crippen LogP contribution in [-0.2, 0) is 13.1 Å². The van der Waals surface area contributed by atoms with Crippen LogP contribution in [0, 0.1) is 0 Å². The molecule has 0 saturated carbocycles. The van der Waals surface area contributed by atoms with Gasteiger partial charge >= 0.3 is 0 Å². The van der Waals surface area contributed by atoms with Crippen LogP contribution in [0.1, 0.15) is 24.5 Å². The average molecular weight is 374 g/mol. The molecule has 0 aliphatic rings. The Morgan fingerprint density at radius 1 is 1.15 bits per heavy atom. The molecule has 0 saturated heterocycles. The average Bonchev–Trinajstić information content (AvgIpc) is 2.66. The number of hydrogen-bond acceptors (Lipinski definition) is 3. The quantitative estimate of drug-likeness (QED) is 0.423. The van der Waals surface area contributed by atoms with Crippen molar-refractivity contribution in [1.29, 1.82) is 0 Å². The van der Waals surface area contributed by atoms with Gasteiger partial charge in [-0.1, -0.05) is 48.0 Å². The first kappa shape index (κ1) is 20.2. The fraction of sp³-hybridized carbons (Fsp3) is 0.400. The minimum absolute atomic E-state index is 0.473. The number of nitrogens with zero attached hydrogens (tertiary/aromatic N) is 3. The van der Waals surface area contributed by atoms with Crippen LogP contribution >= 0.6 is 11.6 Å².